The van der Waals surface area contributed by atoms with Crippen molar-refractivity contribution in [1.82, 2.24) is 10.3 Å². The number of rotatable bonds is 9. The van der Waals surface area contributed by atoms with Crippen LogP contribution in [0.5, 0.6) is 0 Å². The average molecular weight is 475 g/mol. The zero-order valence-electron chi connectivity index (χ0n) is 16.2. The number of benzene rings is 2. The molecule has 5 nitrogen and oxygen atoms in total. The first-order chi connectivity index (χ1) is 14.1. The summed E-state index contributed by atoms with van der Waals surface area (Å²) in [4.78, 5) is 17.4. The Balaban J connectivity index is 2.00. The van der Waals surface area contributed by atoms with E-state index >= 15 is 0 Å². The van der Waals surface area contributed by atoms with Gasteiger partial charge in [-0.2, -0.15) is 0 Å². The van der Waals surface area contributed by atoms with Crippen molar-refractivity contribution in [1.29, 1.82) is 0 Å². The minimum Gasteiger partial charge on any atom is -0.465 e. The van der Waals surface area contributed by atoms with Gasteiger partial charge < -0.3 is 9.47 Å². The van der Waals surface area contributed by atoms with E-state index in [1.165, 1.54) is 11.3 Å². The number of aromatic nitrogens is 1. The van der Waals surface area contributed by atoms with Crippen molar-refractivity contribution >= 4 is 33.2 Å². The van der Waals surface area contributed by atoms with Crippen LogP contribution in [0.4, 0.5) is 0 Å². The maximum atomic E-state index is 12.9. The van der Waals surface area contributed by atoms with Gasteiger partial charge in [-0.15, -0.1) is 11.3 Å². The molecule has 0 unspecified atom stereocenters. The van der Waals surface area contributed by atoms with Crippen molar-refractivity contribution in [3.8, 4) is 0 Å². The molecule has 1 aromatic heterocycles. The smallest absolute Gasteiger partial charge is 0.326 e. The molecule has 0 aliphatic rings. The highest BCUT2D eigenvalue weighted by Gasteiger charge is 2.35. The second-order valence-corrected chi connectivity index (χ2v) is 8.02. The Bertz CT molecular complexity index is 865. The number of halogens is 1. The first kappa shape index (κ1) is 21.6. The Kier molecular flexibility index (Phi) is 7.94. The average Bonchev–Trinajstić information content (AvgIpc) is 3.18. The van der Waals surface area contributed by atoms with Gasteiger partial charge in [-0.1, -0.05) is 60.7 Å². The third-order valence-corrected chi connectivity index (χ3v) is 6.06. The summed E-state index contributed by atoms with van der Waals surface area (Å²) in [6.07, 6.45) is -0.583. The molecule has 0 amide bonds. The number of nitrogens with one attached hydrogen (secondary N) is 1. The quantitative estimate of drug-likeness (QED) is 0.446. The normalized spacial score (nSPS) is 13.2. The van der Waals surface area contributed by atoms with E-state index in [4.69, 9.17) is 9.47 Å². The Morgan fingerprint density at radius 2 is 1.69 bits per heavy atom. The van der Waals surface area contributed by atoms with Crippen molar-refractivity contribution in [2.75, 3.05) is 13.7 Å². The molecule has 7 heteroatoms. The minimum atomic E-state index is -0.733. The van der Waals surface area contributed by atoms with Gasteiger partial charge in [-0.05, 0) is 34.0 Å². The molecule has 152 valence electrons. The summed E-state index contributed by atoms with van der Waals surface area (Å²) in [6, 6.07) is 19.1. The number of hydrogen-bond acceptors (Lipinski definition) is 6. The molecule has 0 radical (unpaired) electrons. The van der Waals surface area contributed by atoms with Crippen molar-refractivity contribution in [2.24, 2.45) is 0 Å². The number of carbonyl (C=O) groups excluding carboxylic acids is 1. The third kappa shape index (κ3) is 5.51. The number of thiazole rings is 1. The first-order valence-electron chi connectivity index (χ1n) is 9.30. The van der Waals surface area contributed by atoms with Crippen LogP contribution in [0.2, 0.25) is 0 Å². The topological polar surface area (TPSA) is 60.5 Å². The molecule has 0 aliphatic heterocycles. The molecular weight excluding hydrogens is 452 g/mol. The zero-order valence-corrected chi connectivity index (χ0v) is 18.7. The van der Waals surface area contributed by atoms with Gasteiger partial charge in [0.05, 0.1) is 12.6 Å². The summed E-state index contributed by atoms with van der Waals surface area (Å²) in [5.41, 5.74) is 2.09. The predicted molar refractivity (Wildman–Crippen MR) is 118 cm³/mol. The molecule has 0 fully saturated rings. The van der Waals surface area contributed by atoms with E-state index in [0.717, 1.165) is 11.1 Å². The summed E-state index contributed by atoms with van der Waals surface area (Å²) in [7, 11) is 1.58. The fourth-order valence-electron chi connectivity index (χ4n) is 3.14. The standard InChI is InChI=1S/C22H23BrN2O3S/c1-3-28-22(26)19(20(27-2)21-24-17(23)14-29-21)25-18(15-10-6-4-7-11-15)16-12-8-5-9-13-16/h4-14,18-20,25H,3H2,1-2H3/t19-,20-/m0/s1. The fraction of sp³-hybridized carbons (Fsp3) is 0.273. The summed E-state index contributed by atoms with van der Waals surface area (Å²) < 4.78 is 11.8. The third-order valence-electron chi connectivity index (χ3n) is 4.45. The first-order valence-corrected chi connectivity index (χ1v) is 11.0. The number of ether oxygens (including phenoxy) is 2. The van der Waals surface area contributed by atoms with Crippen molar-refractivity contribution in [2.45, 2.75) is 25.1 Å². The number of nitrogens with zero attached hydrogens (tertiary/aromatic N) is 1. The molecule has 29 heavy (non-hydrogen) atoms. The Morgan fingerprint density at radius 1 is 1.10 bits per heavy atom. The van der Waals surface area contributed by atoms with Crippen LogP contribution >= 0.6 is 27.3 Å². The van der Waals surface area contributed by atoms with E-state index in [9.17, 15) is 4.79 Å². The zero-order chi connectivity index (χ0) is 20.6. The van der Waals surface area contributed by atoms with Gasteiger partial charge >= 0.3 is 5.97 Å². The van der Waals surface area contributed by atoms with Gasteiger partial charge in [0, 0.05) is 12.5 Å². The number of hydrogen-bond donors (Lipinski definition) is 1. The molecule has 0 spiro atoms. The molecule has 2 atom stereocenters. The highest BCUT2D eigenvalue weighted by molar-refractivity contribution is 9.10. The van der Waals surface area contributed by atoms with Crippen LogP contribution in [-0.4, -0.2) is 30.7 Å². The SMILES string of the molecule is CCOC(=O)[C@@H](NC(c1ccccc1)c1ccccc1)[C@H](OC)c1nc(Br)cs1. The molecule has 1 N–H and O–H groups in total. The van der Waals surface area contributed by atoms with Crippen LogP contribution in [0.15, 0.2) is 70.6 Å². The van der Waals surface area contributed by atoms with Gasteiger partial charge in [0.2, 0.25) is 0 Å². The molecule has 0 saturated heterocycles. The number of esters is 1. The lowest BCUT2D eigenvalue weighted by atomic mass is 9.97. The van der Waals surface area contributed by atoms with E-state index in [-0.39, 0.29) is 18.6 Å². The maximum Gasteiger partial charge on any atom is 0.326 e. The minimum absolute atomic E-state index is 0.215. The largest absolute Gasteiger partial charge is 0.465 e. The van der Waals surface area contributed by atoms with Crippen LogP contribution in [0.3, 0.4) is 0 Å². The molecular formula is C22H23BrN2O3S. The summed E-state index contributed by atoms with van der Waals surface area (Å²) in [6.45, 7) is 2.08. The van der Waals surface area contributed by atoms with E-state index < -0.39 is 12.1 Å². The molecule has 3 rings (SSSR count). The second kappa shape index (κ2) is 10.6. The maximum absolute atomic E-state index is 12.9. The fourth-order valence-corrected chi connectivity index (χ4v) is 4.52. The van der Waals surface area contributed by atoms with E-state index in [1.807, 2.05) is 66.0 Å². The van der Waals surface area contributed by atoms with Crippen LogP contribution in [0.1, 0.15) is 35.2 Å². The Labute approximate surface area is 183 Å². The monoisotopic (exact) mass is 474 g/mol. The predicted octanol–water partition coefficient (Wildman–Crippen LogP) is 4.90. The van der Waals surface area contributed by atoms with Gasteiger partial charge in [0.1, 0.15) is 21.8 Å². The van der Waals surface area contributed by atoms with Crippen LogP contribution in [0.25, 0.3) is 0 Å². The molecule has 1 heterocycles. The Morgan fingerprint density at radius 3 is 2.14 bits per heavy atom. The van der Waals surface area contributed by atoms with Gasteiger partial charge in [-0.3, -0.25) is 10.1 Å². The highest BCUT2D eigenvalue weighted by atomic mass is 79.9. The molecule has 3 aromatic rings. The summed E-state index contributed by atoms with van der Waals surface area (Å²) in [5, 5.41) is 6.05. The highest BCUT2D eigenvalue weighted by Crippen LogP contribution is 2.30. The summed E-state index contributed by atoms with van der Waals surface area (Å²) in [5.74, 6) is -0.373. The molecule has 2 aromatic carbocycles. The molecule has 0 saturated carbocycles. The van der Waals surface area contributed by atoms with E-state index in [1.54, 1.807) is 14.0 Å². The van der Waals surface area contributed by atoms with Gasteiger partial charge in [0.25, 0.3) is 0 Å². The molecule has 0 aliphatic carbocycles. The van der Waals surface area contributed by atoms with Gasteiger partial charge in [0.15, 0.2) is 0 Å². The van der Waals surface area contributed by atoms with E-state index in [0.29, 0.717) is 9.61 Å². The lowest BCUT2D eigenvalue weighted by molar-refractivity contribution is -0.150. The van der Waals surface area contributed by atoms with Crippen LogP contribution < -0.4 is 5.32 Å². The number of carbonyl (C=O) groups is 1. The lowest BCUT2D eigenvalue weighted by Crippen LogP contribution is -2.45. The van der Waals surface area contributed by atoms with E-state index in [2.05, 4.69) is 26.2 Å². The van der Waals surface area contributed by atoms with Crippen molar-refractivity contribution in [3.63, 3.8) is 0 Å². The van der Waals surface area contributed by atoms with Gasteiger partial charge in [-0.25, -0.2) is 4.98 Å². The van der Waals surface area contributed by atoms with Crippen molar-refractivity contribution < 1.29 is 14.3 Å². The number of methoxy groups -OCH3 is 1. The summed E-state index contributed by atoms with van der Waals surface area (Å²) >= 11 is 4.81. The second-order valence-electron chi connectivity index (χ2n) is 6.32. The van der Waals surface area contributed by atoms with Crippen LogP contribution in [0, 0.1) is 0 Å². The Hall–Kier alpha value is -2.06. The lowest BCUT2D eigenvalue weighted by Gasteiger charge is -2.29. The van der Waals surface area contributed by atoms with Crippen LogP contribution in [-0.2, 0) is 14.3 Å². The van der Waals surface area contributed by atoms with Crippen molar-refractivity contribution in [3.05, 3.63) is 86.8 Å². The molecule has 0 bridgehead atoms.